The molecule has 0 aliphatic carbocycles. The Kier molecular flexibility index (Phi) is 7.12. The van der Waals surface area contributed by atoms with Gasteiger partial charge in [0, 0.05) is 28.0 Å². The fraction of sp³-hybridized carbons (Fsp3) is 0.316. The summed E-state index contributed by atoms with van der Waals surface area (Å²) >= 11 is 11.9. The van der Waals surface area contributed by atoms with Gasteiger partial charge in [0.2, 0.25) is 0 Å². The molecular formula is C19H18Cl2N2O4S2. The Morgan fingerprint density at radius 3 is 2.45 bits per heavy atom. The first-order chi connectivity index (χ1) is 13.8. The predicted octanol–water partition coefficient (Wildman–Crippen LogP) is 2.30. The predicted molar refractivity (Wildman–Crippen MR) is 112 cm³/mol. The Labute approximate surface area is 183 Å². The van der Waals surface area contributed by atoms with E-state index in [1.54, 1.807) is 42.5 Å². The summed E-state index contributed by atoms with van der Waals surface area (Å²) in [5.41, 5.74) is -1.17. The molecule has 0 amide bonds. The normalized spacial score (nSPS) is 24.2. The van der Waals surface area contributed by atoms with Crippen molar-refractivity contribution in [2.24, 2.45) is 0 Å². The molecule has 2 aromatic rings. The third-order valence-corrected chi connectivity index (χ3v) is 8.56. The lowest BCUT2D eigenvalue weighted by Crippen LogP contribution is -2.47. The van der Waals surface area contributed by atoms with E-state index in [2.05, 4.69) is 0 Å². The number of nitriles is 1. The van der Waals surface area contributed by atoms with Crippen LogP contribution in [0.25, 0.3) is 0 Å². The van der Waals surface area contributed by atoms with Gasteiger partial charge in [-0.05, 0) is 48.0 Å². The molecule has 4 atom stereocenters. The summed E-state index contributed by atoms with van der Waals surface area (Å²) in [6.45, 7) is -0.724. The Hall–Kier alpha value is -1.31. The standard InChI is InChI=1S/C19H18Cl2N2O4S2/c20-14-1-4-16(5-2-14)28(26)18-10-23(11-19(18,25)12-24)29(27)17-6-3-15(21)9-13(17)7-8-22/h1-6,9,18,24-25H,7,10-12H2/t18-,19?,28?,29?/m0/s1. The molecule has 10 heteroatoms. The minimum atomic E-state index is -1.73. The van der Waals surface area contributed by atoms with Gasteiger partial charge < -0.3 is 10.2 Å². The van der Waals surface area contributed by atoms with Gasteiger partial charge in [-0.3, -0.25) is 4.21 Å². The van der Waals surface area contributed by atoms with Crippen LogP contribution in [0.5, 0.6) is 0 Å². The van der Waals surface area contributed by atoms with Crippen molar-refractivity contribution in [3.63, 3.8) is 0 Å². The molecule has 1 saturated heterocycles. The molecule has 154 valence electrons. The van der Waals surface area contributed by atoms with Crippen LogP contribution < -0.4 is 0 Å². The van der Waals surface area contributed by atoms with Crippen molar-refractivity contribution in [3.8, 4) is 6.07 Å². The van der Waals surface area contributed by atoms with E-state index in [1.165, 1.54) is 4.31 Å². The van der Waals surface area contributed by atoms with Crippen LogP contribution in [0, 0.1) is 11.3 Å². The lowest BCUT2D eigenvalue weighted by Gasteiger charge is -2.26. The molecule has 0 saturated carbocycles. The summed E-state index contributed by atoms with van der Waals surface area (Å²) in [6.07, 6.45) is 0.0277. The highest BCUT2D eigenvalue weighted by Gasteiger charge is 2.50. The SMILES string of the molecule is N#CCc1cc(Cl)ccc1S(=O)N1C[C@H](S(=O)c2ccc(Cl)cc2)C(O)(CO)C1. The summed E-state index contributed by atoms with van der Waals surface area (Å²) in [6, 6.07) is 13.1. The van der Waals surface area contributed by atoms with E-state index in [4.69, 9.17) is 28.5 Å². The molecule has 0 radical (unpaired) electrons. The van der Waals surface area contributed by atoms with Crippen molar-refractivity contribution in [2.45, 2.75) is 27.1 Å². The first kappa shape index (κ1) is 22.4. The molecule has 3 rings (SSSR count). The van der Waals surface area contributed by atoms with E-state index in [9.17, 15) is 18.6 Å². The lowest BCUT2D eigenvalue weighted by molar-refractivity contribution is 0.00261. The van der Waals surface area contributed by atoms with Crippen LogP contribution in [0.3, 0.4) is 0 Å². The van der Waals surface area contributed by atoms with Crippen molar-refractivity contribution < 1.29 is 18.6 Å². The number of nitrogens with zero attached hydrogens (tertiary/aromatic N) is 2. The number of hydrogen-bond donors (Lipinski definition) is 2. The number of rotatable bonds is 6. The van der Waals surface area contributed by atoms with Gasteiger partial charge in [0.25, 0.3) is 0 Å². The average Bonchev–Trinajstić information content (AvgIpc) is 3.06. The molecule has 2 aromatic carbocycles. The number of hydrogen-bond acceptors (Lipinski definition) is 5. The zero-order valence-corrected chi connectivity index (χ0v) is 18.3. The molecular weight excluding hydrogens is 455 g/mol. The van der Waals surface area contributed by atoms with Gasteiger partial charge in [-0.25, -0.2) is 8.51 Å². The minimum Gasteiger partial charge on any atom is -0.393 e. The molecule has 0 aromatic heterocycles. The Balaban J connectivity index is 1.90. The van der Waals surface area contributed by atoms with Gasteiger partial charge in [-0.1, -0.05) is 23.2 Å². The van der Waals surface area contributed by atoms with E-state index in [-0.39, 0.29) is 19.5 Å². The summed E-state index contributed by atoms with van der Waals surface area (Å²) in [7, 11) is -3.39. The van der Waals surface area contributed by atoms with E-state index in [0.717, 1.165) is 0 Å². The largest absolute Gasteiger partial charge is 0.393 e. The van der Waals surface area contributed by atoms with E-state index in [1.807, 2.05) is 6.07 Å². The van der Waals surface area contributed by atoms with Crippen molar-refractivity contribution in [2.75, 3.05) is 19.7 Å². The van der Waals surface area contributed by atoms with Crippen LogP contribution in [0.2, 0.25) is 10.0 Å². The molecule has 1 aliphatic rings. The number of β-amino-alcohol motifs (C(OH)–C–C–N with tert-alkyl or cyclic N) is 1. The van der Waals surface area contributed by atoms with Crippen LogP contribution in [0.4, 0.5) is 0 Å². The highest BCUT2D eigenvalue weighted by Crippen LogP contribution is 2.33. The Morgan fingerprint density at radius 1 is 1.17 bits per heavy atom. The van der Waals surface area contributed by atoms with Gasteiger partial charge in [0.15, 0.2) is 0 Å². The maximum atomic E-state index is 13.2. The molecule has 1 aliphatic heterocycles. The molecule has 1 heterocycles. The third kappa shape index (κ3) is 4.72. The second-order valence-corrected chi connectivity index (χ2v) is 10.6. The number of aliphatic hydroxyl groups is 2. The summed E-state index contributed by atoms with van der Waals surface area (Å²) < 4.78 is 27.7. The van der Waals surface area contributed by atoms with Crippen molar-refractivity contribution in [3.05, 3.63) is 58.1 Å². The molecule has 6 nitrogen and oxygen atoms in total. The van der Waals surface area contributed by atoms with Gasteiger partial charge >= 0.3 is 0 Å². The van der Waals surface area contributed by atoms with Crippen molar-refractivity contribution in [1.82, 2.24) is 4.31 Å². The van der Waals surface area contributed by atoms with Gasteiger partial charge in [-0.2, -0.15) is 5.26 Å². The summed E-state index contributed by atoms with van der Waals surface area (Å²) in [5.74, 6) is 0. The van der Waals surface area contributed by atoms with E-state index >= 15 is 0 Å². The molecule has 0 bridgehead atoms. The monoisotopic (exact) mass is 472 g/mol. The quantitative estimate of drug-likeness (QED) is 0.671. The number of halogens is 2. The first-order valence-corrected chi connectivity index (χ1v) is 11.7. The molecule has 29 heavy (non-hydrogen) atoms. The van der Waals surface area contributed by atoms with Crippen LogP contribution in [-0.2, 0) is 28.2 Å². The summed E-state index contributed by atoms with van der Waals surface area (Å²) in [4.78, 5) is 0.852. The second-order valence-electron chi connectivity index (χ2n) is 6.66. The molecule has 0 spiro atoms. The van der Waals surface area contributed by atoms with E-state index < -0.39 is 39.2 Å². The van der Waals surface area contributed by atoms with Gasteiger partial charge in [0.1, 0.15) is 16.6 Å². The van der Waals surface area contributed by atoms with Crippen LogP contribution in [0.15, 0.2) is 52.3 Å². The van der Waals surface area contributed by atoms with E-state index in [0.29, 0.717) is 25.4 Å². The second kappa shape index (κ2) is 9.23. The molecule has 2 N–H and O–H groups in total. The van der Waals surface area contributed by atoms with Crippen molar-refractivity contribution >= 4 is 45.0 Å². The maximum Gasteiger partial charge on any atom is 0.128 e. The first-order valence-electron chi connectivity index (χ1n) is 8.60. The highest BCUT2D eigenvalue weighted by atomic mass is 35.5. The molecule has 1 fully saturated rings. The zero-order valence-electron chi connectivity index (χ0n) is 15.1. The lowest BCUT2D eigenvalue weighted by atomic mass is 10.1. The fourth-order valence-electron chi connectivity index (χ4n) is 3.19. The Bertz CT molecular complexity index is 997. The fourth-order valence-corrected chi connectivity index (χ4v) is 6.64. The topological polar surface area (TPSA) is 102 Å². The van der Waals surface area contributed by atoms with Gasteiger partial charge in [-0.15, -0.1) is 0 Å². The average molecular weight is 473 g/mol. The molecule has 3 unspecified atom stereocenters. The maximum absolute atomic E-state index is 13.2. The highest BCUT2D eigenvalue weighted by molar-refractivity contribution is 7.86. The van der Waals surface area contributed by atoms with Crippen LogP contribution in [-0.4, -0.2) is 53.5 Å². The van der Waals surface area contributed by atoms with Crippen LogP contribution >= 0.6 is 23.2 Å². The minimum absolute atomic E-state index is 0.0277. The smallest absolute Gasteiger partial charge is 0.128 e. The Morgan fingerprint density at radius 2 is 1.83 bits per heavy atom. The summed E-state index contributed by atoms with van der Waals surface area (Å²) in [5, 5.41) is 29.8. The van der Waals surface area contributed by atoms with Gasteiger partial charge in [0.05, 0.1) is 40.0 Å². The zero-order chi connectivity index (χ0) is 21.2. The third-order valence-electron chi connectivity index (χ3n) is 4.71. The number of aliphatic hydroxyl groups excluding tert-OH is 1. The number of benzene rings is 2. The van der Waals surface area contributed by atoms with Crippen LogP contribution in [0.1, 0.15) is 5.56 Å². The van der Waals surface area contributed by atoms with Crippen molar-refractivity contribution in [1.29, 1.82) is 5.26 Å².